The molecule has 8 nitrogen and oxygen atoms in total. The first-order valence-electron chi connectivity index (χ1n) is 10.8. The van der Waals surface area contributed by atoms with Crippen LogP contribution < -0.4 is 15.8 Å². The molecular formula is C24H28Cl4N4O4. The van der Waals surface area contributed by atoms with E-state index in [9.17, 15) is 9.59 Å². The van der Waals surface area contributed by atoms with Gasteiger partial charge in [-0.15, -0.1) is 5.10 Å². The number of amides is 2. The highest BCUT2D eigenvalue weighted by molar-refractivity contribution is 6.42. The lowest BCUT2D eigenvalue weighted by atomic mass is 9.97. The van der Waals surface area contributed by atoms with Crippen molar-refractivity contribution < 1.29 is 13.9 Å². The molecule has 0 aliphatic heterocycles. The summed E-state index contributed by atoms with van der Waals surface area (Å²) in [6, 6.07) is 7.83. The molecule has 0 spiro atoms. The second kappa shape index (κ2) is 12.2. The zero-order valence-corrected chi connectivity index (χ0v) is 24.0. The van der Waals surface area contributed by atoms with Gasteiger partial charge in [0.2, 0.25) is 5.89 Å². The number of halogens is 4. The van der Waals surface area contributed by atoms with E-state index in [0.717, 1.165) is 4.68 Å². The molecule has 2 amide bonds. The molecule has 1 aromatic heterocycles. The number of ether oxygens (including phenoxy) is 1. The Kier molecular flexibility index (Phi) is 10.1. The topological polar surface area (TPSA) is 89.6 Å². The Labute approximate surface area is 230 Å². The van der Waals surface area contributed by atoms with Crippen molar-refractivity contribution in [2.45, 2.75) is 46.1 Å². The van der Waals surface area contributed by atoms with E-state index >= 15 is 0 Å². The molecule has 12 heteroatoms. The van der Waals surface area contributed by atoms with Crippen molar-refractivity contribution in [3.8, 4) is 11.4 Å². The minimum Gasteiger partial charge on any atom is -0.489 e. The molecule has 1 heterocycles. The molecule has 0 aliphatic carbocycles. The van der Waals surface area contributed by atoms with Gasteiger partial charge >= 0.3 is 11.8 Å². The number of hydrogen-bond donors (Lipinski definition) is 1. The first-order valence-corrected chi connectivity index (χ1v) is 12.3. The zero-order valence-electron chi connectivity index (χ0n) is 21.0. The summed E-state index contributed by atoms with van der Waals surface area (Å²) < 4.78 is 11.9. The number of anilines is 1. The number of benzene rings is 2. The molecule has 3 aromatic rings. The number of aromatic nitrogens is 2. The highest BCUT2D eigenvalue weighted by Crippen LogP contribution is 2.33. The molecule has 1 N–H and O–H groups in total. The fourth-order valence-electron chi connectivity index (χ4n) is 2.57. The normalized spacial score (nSPS) is 11.1. The first-order chi connectivity index (χ1) is 16.6. The van der Waals surface area contributed by atoms with Crippen molar-refractivity contribution in [3.05, 3.63) is 66.9 Å². The number of carbonyl (C=O) groups is 1. The van der Waals surface area contributed by atoms with Crippen molar-refractivity contribution in [3.63, 3.8) is 0 Å². The monoisotopic (exact) mass is 576 g/mol. The van der Waals surface area contributed by atoms with Crippen LogP contribution >= 0.6 is 46.4 Å². The van der Waals surface area contributed by atoms with Crippen LogP contribution in [0.1, 0.15) is 40.5 Å². The summed E-state index contributed by atoms with van der Waals surface area (Å²) in [6.07, 6.45) is -0.0642. The highest BCUT2D eigenvalue weighted by Gasteiger charge is 2.24. The molecule has 0 unspecified atom stereocenters. The van der Waals surface area contributed by atoms with Gasteiger partial charge in [-0.3, -0.25) is 0 Å². The lowest BCUT2D eigenvalue weighted by molar-refractivity contribution is 0.230. The fraction of sp³-hybridized carbons (Fsp3) is 0.375. The van der Waals surface area contributed by atoms with Gasteiger partial charge in [0, 0.05) is 31.3 Å². The van der Waals surface area contributed by atoms with E-state index in [-0.39, 0.29) is 22.6 Å². The Hall–Kier alpha value is -2.39. The first kappa shape index (κ1) is 29.8. The minimum atomic E-state index is -0.607. The molecule has 0 aliphatic rings. The zero-order chi connectivity index (χ0) is 27.4. The lowest BCUT2D eigenvalue weighted by Crippen LogP contribution is -2.27. The Morgan fingerprint density at radius 1 is 1.03 bits per heavy atom. The van der Waals surface area contributed by atoms with Gasteiger partial charge in [-0.2, -0.15) is 4.68 Å². The van der Waals surface area contributed by atoms with Crippen LogP contribution in [-0.4, -0.2) is 40.9 Å². The molecule has 0 bridgehead atoms. The molecule has 0 fully saturated rings. The van der Waals surface area contributed by atoms with Gasteiger partial charge in [-0.25, -0.2) is 9.59 Å². The summed E-state index contributed by atoms with van der Waals surface area (Å²) in [5.41, 5.74) is 0.602. The average molecular weight is 578 g/mol. The number of nitrogens with zero attached hydrogens (tertiary/aromatic N) is 3. The standard InChI is InChI=1S/C15H18Cl2N2O3.C9H10Cl2N2O/c1-8(2)21-12-7-11(9(16)6-10(12)17)19-14(20)22-13(18-19)15(3,4)5;1-13(2)9(14)12-6-3-4-7(10)8(11)5-6/h6-8H,1-5H3;3-5H,1-2H3,(H,12,14). The fourth-order valence-corrected chi connectivity index (χ4v) is 3.37. The maximum atomic E-state index is 12.1. The lowest BCUT2D eigenvalue weighted by Gasteiger charge is -2.13. The Bertz CT molecular complexity index is 1280. The van der Waals surface area contributed by atoms with Gasteiger partial charge in [-0.1, -0.05) is 67.2 Å². The Morgan fingerprint density at radius 2 is 1.67 bits per heavy atom. The van der Waals surface area contributed by atoms with Gasteiger partial charge in [0.05, 0.1) is 31.9 Å². The predicted octanol–water partition coefficient (Wildman–Crippen LogP) is 7.30. The molecule has 0 saturated carbocycles. The average Bonchev–Trinajstić information content (AvgIpc) is 3.15. The smallest absolute Gasteiger partial charge is 0.442 e. The quantitative estimate of drug-likeness (QED) is 0.351. The van der Waals surface area contributed by atoms with Gasteiger partial charge in [-0.05, 0) is 38.1 Å². The van der Waals surface area contributed by atoms with Crippen molar-refractivity contribution in [1.29, 1.82) is 0 Å². The number of nitrogens with one attached hydrogen (secondary N) is 1. The van der Waals surface area contributed by atoms with Crippen LogP contribution in [0, 0.1) is 0 Å². The predicted molar refractivity (Wildman–Crippen MR) is 146 cm³/mol. The van der Waals surface area contributed by atoms with E-state index < -0.39 is 5.76 Å². The summed E-state index contributed by atoms with van der Waals surface area (Å²) in [5, 5.41) is 8.42. The summed E-state index contributed by atoms with van der Waals surface area (Å²) in [7, 11) is 3.32. The van der Waals surface area contributed by atoms with E-state index in [0.29, 0.717) is 38.1 Å². The maximum Gasteiger partial charge on any atom is 0.442 e. The van der Waals surface area contributed by atoms with Crippen LogP contribution in [-0.2, 0) is 5.41 Å². The van der Waals surface area contributed by atoms with Gasteiger partial charge in [0.15, 0.2) is 0 Å². The Balaban J connectivity index is 0.000000281. The van der Waals surface area contributed by atoms with Crippen LogP contribution in [0.5, 0.6) is 5.75 Å². The largest absolute Gasteiger partial charge is 0.489 e. The van der Waals surface area contributed by atoms with E-state index in [1.54, 1.807) is 38.4 Å². The van der Waals surface area contributed by atoms with E-state index in [1.807, 2.05) is 34.6 Å². The van der Waals surface area contributed by atoms with Crippen LogP contribution in [0.15, 0.2) is 39.5 Å². The summed E-state index contributed by atoms with van der Waals surface area (Å²) >= 11 is 23.8. The van der Waals surface area contributed by atoms with E-state index in [1.165, 1.54) is 11.0 Å². The van der Waals surface area contributed by atoms with Crippen molar-refractivity contribution in [1.82, 2.24) is 14.7 Å². The second-order valence-corrected chi connectivity index (χ2v) is 10.8. The van der Waals surface area contributed by atoms with Crippen LogP contribution in [0.4, 0.5) is 10.5 Å². The summed E-state index contributed by atoms with van der Waals surface area (Å²) in [6.45, 7) is 9.47. The molecule has 3 rings (SSSR count). The van der Waals surface area contributed by atoms with Gasteiger partial charge in [0.25, 0.3) is 0 Å². The number of carbonyl (C=O) groups excluding carboxylic acids is 1. The second-order valence-electron chi connectivity index (χ2n) is 9.19. The van der Waals surface area contributed by atoms with Crippen molar-refractivity contribution in [2.75, 3.05) is 19.4 Å². The third-order valence-electron chi connectivity index (χ3n) is 4.36. The minimum absolute atomic E-state index is 0.0642. The third-order valence-corrected chi connectivity index (χ3v) is 5.70. The summed E-state index contributed by atoms with van der Waals surface area (Å²) in [5.74, 6) is 0.155. The molecule has 0 saturated heterocycles. The molecule has 0 atom stereocenters. The van der Waals surface area contributed by atoms with Crippen LogP contribution in [0.3, 0.4) is 0 Å². The van der Waals surface area contributed by atoms with E-state index in [2.05, 4.69) is 10.4 Å². The Morgan fingerprint density at radius 3 is 2.17 bits per heavy atom. The van der Waals surface area contributed by atoms with Crippen molar-refractivity contribution in [2.24, 2.45) is 0 Å². The van der Waals surface area contributed by atoms with Crippen LogP contribution in [0.25, 0.3) is 5.69 Å². The summed E-state index contributed by atoms with van der Waals surface area (Å²) in [4.78, 5) is 24.7. The van der Waals surface area contributed by atoms with Crippen molar-refractivity contribution >= 4 is 58.1 Å². The van der Waals surface area contributed by atoms with Crippen LogP contribution in [0.2, 0.25) is 20.1 Å². The molecular weight excluding hydrogens is 550 g/mol. The third kappa shape index (κ3) is 8.06. The van der Waals surface area contributed by atoms with Gasteiger partial charge in [0.1, 0.15) is 5.75 Å². The molecule has 0 radical (unpaired) electrons. The van der Waals surface area contributed by atoms with E-state index in [4.69, 9.17) is 55.6 Å². The number of urea groups is 1. The maximum absolute atomic E-state index is 12.1. The number of hydrogen-bond acceptors (Lipinski definition) is 5. The van der Waals surface area contributed by atoms with Gasteiger partial charge < -0.3 is 19.4 Å². The SMILES string of the molecule is CC(C)Oc1cc(-n2nc(C(C)(C)C)oc2=O)c(Cl)cc1Cl.CN(C)C(=O)Nc1ccc(Cl)c(Cl)c1. The number of rotatable bonds is 4. The molecule has 196 valence electrons. The molecule has 36 heavy (non-hydrogen) atoms. The molecule has 2 aromatic carbocycles. The highest BCUT2D eigenvalue weighted by atomic mass is 35.5.